The highest BCUT2D eigenvalue weighted by Gasteiger charge is 2.31. The summed E-state index contributed by atoms with van der Waals surface area (Å²) in [5.41, 5.74) is 0. The van der Waals surface area contributed by atoms with E-state index in [2.05, 4.69) is 24.0 Å². The number of ether oxygens (including phenoxy) is 2. The second kappa shape index (κ2) is 7.69. The Kier molecular flexibility index (Phi) is 5.90. The number of morpholine rings is 1. The van der Waals surface area contributed by atoms with Crippen LogP contribution in [0.25, 0.3) is 0 Å². The van der Waals surface area contributed by atoms with Crippen LogP contribution in [0.2, 0.25) is 0 Å². The van der Waals surface area contributed by atoms with Gasteiger partial charge in [-0.3, -0.25) is 4.79 Å². The van der Waals surface area contributed by atoms with Gasteiger partial charge in [0.15, 0.2) is 6.10 Å². The van der Waals surface area contributed by atoms with Gasteiger partial charge in [0.2, 0.25) is 11.8 Å². The van der Waals surface area contributed by atoms with Gasteiger partial charge in [0.05, 0.1) is 13.2 Å². The van der Waals surface area contributed by atoms with Crippen molar-refractivity contribution in [3.8, 4) is 0 Å². The predicted molar refractivity (Wildman–Crippen MR) is 79.2 cm³/mol. The third kappa shape index (κ3) is 4.51. The number of hydrogen-bond acceptors (Lipinski definition) is 6. The van der Waals surface area contributed by atoms with E-state index >= 15 is 0 Å². The highest BCUT2D eigenvalue weighted by Crippen LogP contribution is 2.21. The van der Waals surface area contributed by atoms with Crippen LogP contribution in [0.15, 0.2) is 4.42 Å². The molecule has 0 N–H and O–H groups in total. The van der Waals surface area contributed by atoms with Gasteiger partial charge < -0.3 is 18.8 Å². The first-order chi connectivity index (χ1) is 10.5. The topological polar surface area (TPSA) is 77.7 Å². The third-order valence-corrected chi connectivity index (χ3v) is 3.61. The lowest BCUT2D eigenvalue weighted by atomic mass is 10.1. The smallest absolute Gasteiger partial charge is 0.251 e. The molecule has 2 heterocycles. The van der Waals surface area contributed by atoms with Crippen molar-refractivity contribution in [1.82, 2.24) is 15.1 Å². The fourth-order valence-electron chi connectivity index (χ4n) is 2.25. The fourth-order valence-corrected chi connectivity index (χ4v) is 2.25. The van der Waals surface area contributed by atoms with Crippen molar-refractivity contribution in [2.45, 2.75) is 46.3 Å². The number of amides is 1. The van der Waals surface area contributed by atoms with E-state index in [0.29, 0.717) is 44.0 Å². The molecule has 0 bridgehead atoms. The molecule has 0 spiro atoms. The summed E-state index contributed by atoms with van der Waals surface area (Å²) in [6, 6.07) is 0. The van der Waals surface area contributed by atoms with Crippen molar-refractivity contribution in [1.29, 1.82) is 0 Å². The second-order valence-electron chi connectivity index (χ2n) is 6.00. The van der Waals surface area contributed by atoms with Crippen LogP contribution in [0.3, 0.4) is 0 Å². The summed E-state index contributed by atoms with van der Waals surface area (Å²) in [5.74, 6) is 1.46. The summed E-state index contributed by atoms with van der Waals surface area (Å²) in [6.45, 7) is 9.82. The summed E-state index contributed by atoms with van der Waals surface area (Å²) < 4.78 is 16.6. The number of carbonyl (C=O) groups is 1. The molecule has 0 saturated carbocycles. The first-order valence-corrected chi connectivity index (χ1v) is 7.79. The van der Waals surface area contributed by atoms with Gasteiger partial charge in [-0.15, -0.1) is 10.2 Å². The van der Waals surface area contributed by atoms with E-state index in [-0.39, 0.29) is 12.0 Å². The van der Waals surface area contributed by atoms with Crippen molar-refractivity contribution >= 4 is 5.91 Å². The van der Waals surface area contributed by atoms with E-state index in [4.69, 9.17) is 13.9 Å². The normalized spacial score (nSPS) is 20.4. The summed E-state index contributed by atoms with van der Waals surface area (Å²) in [6.07, 6.45) is 0.147. The van der Waals surface area contributed by atoms with Gasteiger partial charge in [-0.25, -0.2) is 0 Å². The number of hydrogen-bond donors (Lipinski definition) is 0. The van der Waals surface area contributed by atoms with Crippen LogP contribution < -0.4 is 0 Å². The minimum absolute atomic E-state index is 0.0201. The third-order valence-electron chi connectivity index (χ3n) is 3.61. The maximum absolute atomic E-state index is 12.4. The van der Waals surface area contributed by atoms with Crippen molar-refractivity contribution in [2.24, 2.45) is 5.92 Å². The zero-order chi connectivity index (χ0) is 16.1. The zero-order valence-corrected chi connectivity index (χ0v) is 13.7. The Bertz CT molecular complexity index is 489. The predicted octanol–water partition coefficient (Wildman–Crippen LogP) is 1.73. The summed E-state index contributed by atoms with van der Waals surface area (Å²) in [5, 5.41) is 7.77. The molecule has 1 saturated heterocycles. The van der Waals surface area contributed by atoms with Crippen LogP contribution in [-0.2, 0) is 14.3 Å². The van der Waals surface area contributed by atoms with Gasteiger partial charge in [0.25, 0.3) is 5.91 Å². The summed E-state index contributed by atoms with van der Waals surface area (Å²) in [4.78, 5) is 14.2. The van der Waals surface area contributed by atoms with E-state index in [1.54, 1.807) is 18.7 Å². The van der Waals surface area contributed by atoms with Gasteiger partial charge in [0, 0.05) is 20.1 Å². The standard InChI is InChI=1S/C15H25N3O4/c1-10(2)5-7-20-11(3)15(19)18-6-8-21-13(9-18)14-17-16-12(4)22-14/h10-11,13H,5-9H2,1-4H3/t11-,13+/m0/s1. The fraction of sp³-hybridized carbons (Fsp3) is 0.800. The molecule has 2 rings (SSSR count). The molecule has 7 heteroatoms. The summed E-state index contributed by atoms with van der Waals surface area (Å²) >= 11 is 0. The van der Waals surface area contributed by atoms with Gasteiger partial charge in [0.1, 0.15) is 6.10 Å². The highest BCUT2D eigenvalue weighted by atomic mass is 16.5. The maximum Gasteiger partial charge on any atom is 0.251 e. The lowest BCUT2D eigenvalue weighted by molar-refractivity contribution is -0.151. The molecular weight excluding hydrogens is 286 g/mol. The number of carbonyl (C=O) groups excluding carboxylic acids is 1. The van der Waals surface area contributed by atoms with Crippen molar-refractivity contribution in [3.63, 3.8) is 0 Å². The molecule has 2 atom stereocenters. The zero-order valence-electron chi connectivity index (χ0n) is 13.7. The average molecular weight is 311 g/mol. The number of aromatic nitrogens is 2. The van der Waals surface area contributed by atoms with E-state index < -0.39 is 6.10 Å². The van der Waals surface area contributed by atoms with Gasteiger partial charge in [-0.2, -0.15) is 0 Å². The van der Waals surface area contributed by atoms with Crippen molar-refractivity contribution in [2.75, 3.05) is 26.3 Å². The second-order valence-corrected chi connectivity index (χ2v) is 6.00. The number of rotatable bonds is 6. The van der Waals surface area contributed by atoms with Crippen molar-refractivity contribution in [3.05, 3.63) is 11.8 Å². The molecule has 22 heavy (non-hydrogen) atoms. The minimum Gasteiger partial charge on any atom is -0.423 e. The SMILES string of the molecule is Cc1nnc([C@H]2CN(C(=O)[C@H](C)OCCC(C)C)CCO2)o1. The largest absolute Gasteiger partial charge is 0.423 e. The first-order valence-electron chi connectivity index (χ1n) is 7.79. The maximum atomic E-state index is 12.4. The van der Waals surface area contributed by atoms with Crippen LogP contribution in [-0.4, -0.2) is 53.4 Å². The molecule has 7 nitrogen and oxygen atoms in total. The lowest BCUT2D eigenvalue weighted by Gasteiger charge is -2.32. The molecule has 1 aliphatic rings. The van der Waals surface area contributed by atoms with Crippen LogP contribution in [0, 0.1) is 12.8 Å². The molecular formula is C15H25N3O4. The number of nitrogens with zero attached hydrogens (tertiary/aromatic N) is 3. The van der Waals surface area contributed by atoms with Gasteiger partial charge in [-0.05, 0) is 19.3 Å². The highest BCUT2D eigenvalue weighted by molar-refractivity contribution is 5.80. The Balaban J connectivity index is 1.87. The molecule has 1 amide bonds. The molecule has 1 aromatic heterocycles. The van der Waals surface area contributed by atoms with Gasteiger partial charge in [-0.1, -0.05) is 13.8 Å². The monoisotopic (exact) mass is 311 g/mol. The van der Waals surface area contributed by atoms with Crippen LogP contribution in [0.5, 0.6) is 0 Å². The molecule has 1 aromatic rings. The molecule has 1 aliphatic heterocycles. The number of aryl methyl sites for hydroxylation is 1. The molecule has 0 unspecified atom stereocenters. The van der Waals surface area contributed by atoms with Crippen LogP contribution >= 0.6 is 0 Å². The quantitative estimate of drug-likeness (QED) is 0.796. The first kappa shape index (κ1) is 16.9. The molecule has 0 aliphatic carbocycles. The summed E-state index contributed by atoms with van der Waals surface area (Å²) in [7, 11) is 0. The molecule has 0 aromatic carbocycles. The lowest BCUT2D eigenvalue weighted by Crippen LogP contribution is -2.46. The molecule has 1 fully saturated rings. The Hall–Kier alpha value is -1.47. The Morgan fingerprint density at radius 1 is 1.41 bits per heavy atom. The van der Waals surface area contributed by atoms with E-state index in [1.165, 1.54) is 0 Å². The molecule has 124 valence electrons. The Labute approximate surface area is 131 Å². The van der Waals surface area contributed by atoms with E-state index in [1.807, 2.05) is 0 Å². The van der Waals surface area contributed by atoms with E-state index in [9.17, 15) is 4.79 Å². The molecule has 0 radical (unpaired) electrons. The van der Waals surface area contributed by atoms with Crippen LogP contribution in [0.1, 0.15) is 45.1 Å². The minimum atomic E-state index is -0.443. The van der Waals surface area contributed by atoms with Gasteiger partial charge >= 0.3 is 0 Å². The van der Waals surface area contributed by atoms with Crippen molar-refractivity contribution < 1.29 is 18.7 Å². The van der Waals surface area contributed by atoms with E-state index in [0.717, 1.165) is 6.42 Å². The van der Waals surface area contributed by atoms with Crippen LogP contribution in [0.4, 0.5) is 0 Å². The Morgan fingerprint density at radius 3 is 2.82 bits per heavy atom. The Morgan fingerprint density at radius 2 is 2.18 bits per heavy atom. The average Bonchev–Trinajstić information content (AvgIpc) is 2.92.